The number of amides is 1. The Balaban J connectivity index is 1.86. The molecule has 132 valence electrons. The van der Waals surface area contributed by atoms with Crippen LogP contribution in [0.5, 0.6) is 0 Å². The lowest BCUT2D eigenvalue weighted by atomic mass is 9.72. The largest absolute Gasteiger partial charge is 0.480 e. The van der Waals surface area contributed by atoms with Crippen molar-refractivity contribution in [2.75, 3.05) is 18.5 Å². The number of ether oxygens (including phenoxy) is 1. The van der Waals surface area contributed by atoms with Crippen molar-refractivity contribution in [1.29, 1.82) is 0 Å². The molecule has 7 nitrogen and oxygen atoms in total. The first-order chi connectivity index (χ1) is 12.0. The third-order valence-corrected chi connectivity index (χ3v) is 4.62. The fraction of sp³-hybridized carbons (Fsp3) is 0.389. The Bertz CT molecular complexity index is 778. The number of carbonyl (C=O) groups excluding carboxylic acids is 1. The van der Waals surface area contributed by atoms with Crippen LogP contribution < -0.4 is 5.32 Å². The maximum Gasteiger partial charge on any atom is 0.325 e. The third-order valence-electron chi connectivity index (χ3n) is 4.62. The van der Waals surface area contributed by atoms with Crippen molar-refractivity contribution in [3.05, 3.63) is 47.7 Å². The first-order valence-corrected chi connectivity index (χ1v) is 8.22. The topological polar surface area (TPSA) is 93.5 Å². The van der Waals surface area contributed by atoms with E-state index in [1.807, 2.05) is 31.2 Å². The van der Waals surface area contributed by atoms with Crippen LogP contribution in [0.25, 0.3) is 0 Å². The summed E-state index contributed by atoms with van der Waals surface area (Å²) < 4.78 is 6.75. The minimum atomic E-state index is -0.984. The van der Waals surface area contributed by atoms with Gasteiger partial charge in [0.1, 0.15) is 6.54 Å². The monoisotopic (exact) mass is 343 g/mol. The lowest BCUT2D eigenvalue weighted by Gasteiger charge is -2.37. The molecule has 0 spiro atoms. The van der Waals surface area contributed by atoms with Crippen molar-refractivity contribution in [2.24, 2.45) is 0 Å². The Hall–Kier alpha value is -2.67. The quantitative estimate of drug-likeness (QED) is 0.866. The Morgan fingerprint density at radius 3 is 2.68 bits per heavy atom. The summed E-state index contributed by atoms with van der Waals surface area (Å²) in [6.45, 7) is 2.80. The van der Waals surface area contributed by atoms with Crippen molar-refractivity contribution in [2.45, 2.75) is 31.7 Å². The molecule has 2 heterocycles. The number of carboxylic acid groups (broad SMARTS) is 1. The number of hydrogen-bond donors (Lipinski definition) is 2. The highest BCUT2D eigenvalue weighted by Gasteiger charge is 2.42. The molecule has 2 aromatic rings. The molecule has 3 rings (SSSR count). The molecular weight excluding hydrogens is 322 g/mol. The molecule has 1 amide bonds. The van der Waals surface area contributed by atoms with Crippen LogP contribution in [-0.4, -0.2) is 40.0 Å². The predicted molar refractivity (Wildman–Crippen MR) is 91.4 cm³/mol. The zero-order chi connectivity index (χ0) is 17.9. The lowest BCUT2D eigenvalue weighted by molar-refractivity contribution is -0.137. The number of anilines is 1. The molecule has 25 heavy (non-hydrogen) atoms. The van der Waals surface area contributed by atoms with Gasteiger partial charge < -0.3 is 15.2 Å². The third kappa shape index (κ3) is 3.56. The van der Waals surface area contributed by atoms with Gasteiger partial charge in [0, 0.05) is 25.5 Å². The summed E-state index contributed by atoms with van der Waals surface area (Å²) in [5.41, 5.74) is 1.40. The van der Waals surface area contributed by atoms with Crippen molar-refractivity contribution < 1.29 is 19.4 Å². The molecule has 1 aromatic carbocycles. The van der Waals surface area contributed by atoms with Crippen LogP contribution in [0.15, 0.2) is 36.5 Å². The van der Waals surface area contributed by atoms with Gasteiger partial charge in [-0.15, -0.1) is 0 Å². The summed E-state index contributed by atoms with van der Waals surface area (Å²) in [5, 5.41) is 15.8. The normalized spacial score (nSPS) is 16.4. The van der Waals surface area contributed by atoms with E-state index in [-0.39, 0.29) is 12.5 Å². The molecule has 0 radical (unpaired) electrons. The highest BCUT2D eigenvalue weighted by Crippen LogP contribution is 2.37. The van der Waals surface area contributed by atoms with E-state index in [1.165, 1.54) is 10.9 Å². The van der Waals surface area contributed by atoms with Gasteiger partial charge in [0.05, 0.1) is 5.41 Å². The number of benzene rings is 1. The van der Waals surface area contributed by atoms with Crippen LogP contribution in [0.4, 0.5) is 5.82 Å². The van der Waals surface area contributed by atoms with Crippen molar-refractivity contribution in [1.82, 2.24) is 9.78 Å². The molecule has 0 saturated carbocycles. The highest BCUT2D eigenvalue weighted by molar-refractivity contribution is 5.99. The molecule has 1 fully saturated rings. The number of hydrogen-bond acceptors (Lipinski definition) is 4. The van der Waals surface area contributed by atoms with Gasteiger partial charge in [-0.05, 0) is 30.9 Å². The van der Waals surface area contributed by atoms with E-state index in [0.29, 0.717) is 31.9 Å². The zero-order valence-corrected chi connectivity index (χ0v) is 14.1. The van der Waals surface area contributed by atoms with Crippen LogP contribution in [0.3, 0.4) is 0 Å². The van der Waals surface area contributed by atoms with Crippen molar-refractivity contribution in [3.8, 4) is 0 Å². The summed E-state index contributed by atoms with van der Waals surface area (Å²) in [6.07, 6.45) is 2.73. The SMILES string of the molecule is Cc1ccccc1C1(C(=O)Nc2ccn(CC(=O)O)n2)CCOCC1. The number of carbonyl (C=O) groups is 2. The van der Waals surface area contributed by atoms with Gasteiger partial charge in [0.2, 0.25) is 5.91 Å². The van der Waals surface area contributed by atoms with Gasteiger partial charge in [-0.3, -0.25) is 14.3 Å². The number of aromatic nitrogens is 2. The van der Waals surface area contributed by atoms with Crippen LogP contribution >= 0.6 is 0 Å². The highest BCUT2D eigenvalue weighted by atomic mass is 16.5. The number of carboxylic acids is 1. The Labute approximate surface area is 145 Å². The number of aryl methyl sites for hydroxylation is 1. The van der Waals surface area contributed by atoms with Crippen molar-refractivity contribution in [3.63, 3.8) is 0 Å². The van der Waals surface area contributed by atoms with E-state index in [1.54, 1.807) is 6.07 Å². The van der Waals surface area contributed by atoms with Gasteiger partial charge >= 0.3 is 5.97 Å². The molecule has 1 aliphatic rings. The molecule has 7 heteroatoms. The van der Waals surface area contributed by atoms with E-state index in [9.17, 15) is 9.59 Å². The smallest absolute Gasteiger partial charge is 0.325 e. The first kappa shape index (κ1) is 17.2. The van der Waals surface area contributed by atoms with Gasteiger partial charge in [-0.1, -0.05) is 24.3 Å². The predicted octanol–water partition coefficient (Wildman–Crippen LogP) is 1.96. The maximum atomic E-state index is 13.1. The van der Waals surface area contributed by atoms with E-state index >= 15 is 0 Å². The van der Waals surface area contributed by atoms with Crippen LogP contribution in [-0.2, 0) is 26.3 Å². The van der Waals surface area contributed by atoms with Gasteiger partial charge in [0.25, 0.3) is 0 Å². The minimum Gasteiger partial charge on any atom is -0.480 e. The molecule has 0 unspecified atom stereocenters. The summed E-state index contributed by atoms with van der Waals surface area (Å²) in [4.78, 5) is 23.9. The summed E-state index contributed by atoms with van der Waals surface area (Å²) in [7, 11) is 0. The summed E-state index contributed by atoms with van der Waals surface area (Å²) >= 11 is 0. The second-order valence-corrected chi connectivity index (χ2v) is 6.26. The zero-order valence-electron chi connectivity index (χ0n) is 14.1. The van der Waals surface area contributed by atoms with Crippen LogP contribution in [0.2, 0.25) is 0 Å². The van der Waals surface area contributed by atoms with Gasteiger partial charge in [0.15, 0.2) is 5.82 Å². The second kappa shape index (κ2) is 7.06. The molecule has 0 atom stereocenters. The van der Waals surface area contributed by atoms with Crippen LogP contribution in [0.1, 0.15) is 24.0 Å². The maximum absolute atomic E-state index is 13.1. The Morgan fingerprint density at radius 2 is 2.00 bits per heavy atom. The summed E-state index contributed by atoms with van der Waals surface area (Å²) in [5.74, 6) is -0.766. The molecule has 1 aliphatic heterocycles. The number of nitrogens with one attached hydrogen (secondary N) is 1. The average molecular weight is 343 g/mol. The number of aliphatic carboxylic acids is 1. The standard InChI is InChI=1S/C18H21N3O4/c1-13-4-2-3-5-14(13)18(7-10-25-11-8-18)17(24)19-15-6-9-21(20-15)12-16(22)23/h2-6,9H,7-8,10-12H2,1H3,(H,22,23)(H,19,20,24). The molecule has 1 aromatic heterocycles. The average Bonchev–Trinajstić information content (AvgIpc) is 3.02. The number of rotatable bonds is 5. The summed E-state index contributed by atoms with van der Waals surface area (Å²) in [6, 6.07) is 9.49. The fourth-order valence-electron chi connectivity index (χ4n) is 3.34. The molecular formula is C18H21N3O4. The minimum absolute atomic E-state index is 0.134. The van der Waals surface area contributed by atoms with Gasteiger partial charge in [-0.25, -0.2) is 0 Å². The molecule has 0 aliphatic carbocycles. The van der Waals surface area contributed by atoms with Gasteiger partial charge in [-0.2, -0.15) is 5.10 Å². The Morgan fingerprint density at radius 1 is 1.28 bits per heavy atom. The second-order valence-electron chi connectivity index (χ2n) is 6.26. The van der Waals surface area contributed by atoms with E-state index < -0.39 is 11.4 Å². The Kier molecular flexibility index (Phi) is 4.85. The molecule has 1 saturated heterocycles. The number of nitrogens with zero attached hydrogens (tertiary/aromatic N) is 2. The molecule has 0 bridgehead atoms. The first-order valence-electron chi connectivity index (χ1n) is 8.22. The van der Waals surface area contributed by atoms with E-state index in [4.69, 9.17) is 9.84 Å². The molecule has 2 N–H and O–H groups in total. The lowest BCUT2D eigenvalue weighted by Crippen LogP contribution is -2.45. The van der Waals surface area contributed by atoms with Crippen LogP contribution in [0, 0.1) is 6.92 Å². The van der Waals surface area contributed by atoms with Crippen molar-refractivity contribution >= 4 is 17.7 Å². The fourth-order valence-corrected chi connectivity index (χ4v) is 3.34. The van der Waals surface area contributed by atoms with E-state index in [0.717, 1.165) is 11.1 Å². The van der Waals surface area contributed by atoms with E-state index in [2.05, 4.69) is 10.4 Å².